The summed E-state index contributed by atoms with van der Waals surface area (Å²) < 4.78 is 18.9. The van der Waals surface area contributed by atoms with Crippen molar-refractivity contribution in [3.8, 4) is 11.5 Å². The lowest BCUT2D eigenvalue weighted by Crippen LogP contribution is -2.38. The molecule has 0 radical (unpaired) electrons. The molecular formula is C16H22N4O3. The Kier molecular flexibility index (Phi) is 4.07. The fourth-order valence-electron chi connectivity index (χ4n) is 3.18. The molecule has 0 spiro atoms. The Labute approximate surface area is 134 Å². The van der Waals surface area contributed by atoms with Crippen molar-refractivity contribution < 1.29 is 14.2 Å². The number of fused-ring (bicyclic) bond motifs is 2. The first-order valence-electron chi connectivity index (χ1n) is 8.14. The van der Waals surface area contributed by atoms with Gasteiger partial charge in [-0.25, -0.2) is 4.98 Å². The van der Waals surface area contributed by atoms with Crippen molar-refractivity contribution >= 4 is 11.0 Å². The highest BCUT2D eigenvalue weighted by atomic mass is 16.6. The number of ether oxygens (including phenoxy) is 3. The molecule has 1 saturated heterocycles. The molecule has 1 aromatic carbocycles. The molecule has 0 unspecified atom stereocenters. The van der Waals surface area contributed by atoms with E-state index in [9.17, 15) is 0 Å². The molecule has 7 heteroatoms. The van der Waals surface area contributed by atoms with Crippen LogP contribution in [0.15, 0.2) is 12.1 Å². The van der Waals surface area contributed by atoms with Crippen LogP contribution in [0.2, 0.25) is 0 Å². The van der Waals surface area contributed by atoms with Gasteiger partial charge in [0.1, 0.15) is 19.0 Å². The zero-order valence-corrected chi connectivity index (χ0v) is 13.2. The highest BCUT2D eigenvalue weighted by molar-refractivity contribution is 5.80. The summed E-state index contributed by atoms with van der Waals surface area (Å²) in [5, 5.41) is 0. The molecule has 2 aliphatic heterocycles. The number of morpholine rings is 1. The second-order valence-electron chi connectivity index (χ2n) is 5.82. The third kappa shape index (κ3) is 2.87. The Morgan fingerprint density at radius 2 is 1.74 bits per heavy atom. The summed E-state index contributed by atoms with van der Waals surface area (Å²) in [5.41, 5.74) is 7.87. The van der Waals surface area contributed by atoms with Crippen molar-refractivity contribution in [1.82, 2.24) is 14.5 Å². The molecule has 4 rings (SSSR count). The molecular weight excluding hydrogens is 296 g/mol. The van der Waals surface area contributed by atoms with Crippen LogP contribution in [0.4, 0.5) is 0 Å². The summed E-state index contributed by atoms with van der Waals surface area (Å²) in [6, 6.07) is 3.98. The third-order valence-electron chi connectivity index (χ3n) is 4.42. The first-order chi connectivity index (χ1) is 11.3. The largest absolute Gasteiger partial charge is 0.486 e. The second kappa shape index (κ2) is 6.35. The Morgan fingerprint density at radius 1 is 1.00 bits per heavy atom. The minimum absolute atomic E-state index is 0.421. The van der Waals surface area contributed by atoms with Crippen molar-refractivity contribution in [3.05, 3.63) is 18.0 Å². The number of hydrogen-bond donors (Lipinski definition) is 1. The summed E-state index contributed by atoms with van der Waals surface area (Å²) >= 11 is 0. The molecule has 1 fully saturated rings. The fraction of sp³-hybridized carbons (Fsp3) is 0.562. The number of hydrogen-bond acceptors (Lipinski definition) is 6. The van der Waals surface area contributed by atoms with Crippen LogP contribution in [0.5, 0.6) is 11.5 Å². The maximum absolute atomic E-state index is 5.90. The number of imidazole rings is 1. The molecule has 2 aliphatic rings. The second-order valence-corrected chi connectivity index (χ2v) is 5.82. The van der Waals surface area contributed by atoms with Gasteiger partial charge < -0.3 is 24.5 Å². The van der Waals surface area contributed by atoms with Crippen molar-refractivity contribution in [2.45, 2.75) is 13.1 Å². The molecule has 1 aromatic heterocycles. The minimum atomic E-state index is 0.421. The van der Waals surface area contributed by atoms with E-state index in [0.717, 1.165) is 67.7 Å². The molecule has 0 atom stereocenters. The molecule has 2 N–H and O–H groups in total. The van der Waals surface area contributed by atoms with Crippen molar-refractivity contribution in [2.75, 3.05) is 46.1 Å². The first kappa shape index (κ1) is 14.7. The molecule has 3 heterocycles. The number of nitrogens with zero attached hydrogens (tertiary/aromatic N) is 3. The zero-order valence-electron chi connectivity index (χ0n) is 13.2. The van der Waals surface area contributed by atoms with Gasteiger partial charge in [0.25, 0.3) is 0 Å². The number of nitrogens with two attached hydrogens (primary N) is 1. The van der Waals surface area contributed by atoms with Crippen molar-refractivity contribution in [1.29, 1.82) is 0 Å². The van der Waals surface area contributed by atoms with Gasteiger partial charge in [-0.3, -0.25) is 4.90 Å². The van der Waals surface area contributed by atoms with Crippen LogP contribution in [0.25, 0.3) is 11.0 Å². The van der Waals surface area contributed by atoms with Gasteiger partial charge in [-0.15, -0.1) is 0 Å². The number of aromatic nitrogens is 2. The third-order valence-corrected chi connectivity index (χ3v) is 4.42. The van der Waals surface area contributed by atoms with Gasteiger partial charge in [-0.2, -0.15) is 0 Å². The molecule has 0 amide bonds. The van der Waals surface area contributed by atoms with Gasteiger partial charge >= 0.3 is 0 Å². The highest BCUT2D eigenvalue weighted by Crippen LogP contribution is 2.34. The van der Waals surface area contributed by atoms with Crippen LogP contribution in [0.3, 0.4) is 0 Å². The van der Waals surface area contributed by atoms with E-state index in [1.54, 1.807) is 0 Å². The molecule has 0 bridgehead atoms. The van der Waals surface area contributed by atoms with E-state index < -0.39 is 0 Å². The normalized spacial score (nSPS) is 18.5. The predicted molar refractivity (Wildman–Crippen MR) is 85.9 cm³/mol. The van der Waals surface area contributed by atoms with Gasteiger partial charge in [0, 0.05) is 38.3 Å². The quantitative estimate of drug-likeness (QED) is 0.890. The zero-order chi connectivity index (χ0) is 15.6. The molecule has 0 aliphatic carbocycles. The van der Waals surface area contributed by atoms with Crippen LogP contribution in [-0.2, 0) is 17.8 Å². The van der Waals surface area contributed by atoms with E-state index in [0.29, 0.717) is 19.8 Å². The van der Waals surface area contributed by atoms with Crippen LogP contribution < -0.4 is 15.2 Å². The van der Waals surface area contributed by atoms with Gasteiger partial charge in [0.15, 0.2) is 11.5 Å². The van der Waals surface area contributed by atoms with E-state index in [1.807, 2.05) is 12.1 Å². The molecule has 0 saturated carbocycles. The lowest BCUT2D eigenvalue weighted by atomic mass is 10.2. The van der Waals surface area contributed by atoms with E-state index in [-0.39, 0.29) is 0 Å². The average molecular weight is 318 g/mol. The highest BCUT2D eigenvalue weighted by Gasteiger charge is 2.18. The fourth-order valence-corrected chi connectivity index (χ4v) is 3.18. The molecule has 124 valence electrons. The first-order valence-corrected chi connectivity index (χ1v) is 8.14. The van der Waals surface area contributed by atoms with Crippen LogP contribution in [0, 0.1) is 0 Å². The van der Waals surface area contributed by atoms with Crippen LogP contribution in [-0.4, -0.2) is 60.5 Å². The summed E-state index contributed by atoms with van der Waals surface area (Å²) in [5.74, 6) is 2.46. The van der Waals surface area contributed by atoms with Gasteiger partial charge in [-0.1, -0.05) is 0 Å². The maximum Gasteiger partial charge on any atom is 0.163 e. The van der Waals surface area contributed by atoms with E-state index in [1.165, 1.54) is 0 Å². The number of benzene rings is 1. The van der Waals surface area contributed by atoms with Gasteiger partial charge in [0.2, 0.25) is 0 Å². The van der Waals surface area contributed by atoms with Crippen molar-refractivity contribution in [2.24, 2.45) is 5.73 Å². The van der Waals surface area contributed by atoms with E-state index in [2.05, 4.69) is 14.5 Å². The lowest BCUT2D eigenvalue weighted by molar-refractivity contribution is 0.0364. The summed E-state index contributed by atoms with van der Waals surface area (Å²) in [7, 11) is 0. The monoisotopic (exact) mass is 318 g/mol. The van der Waals surface area contributed by atoms with E-state index in [4.69, 9.17) is 19.9 Å². The summed E-state index contributed by atoms with van der Waals surface area (Å²) in [4.78, 5) is 7.07. The van der Waals surface area contributed by atoms with Gasteiger partial charge in [-0.05, 0) is 0 Å². The maximum atomic E-state index is 5.90. The van der Waals surface area contributed by atoms with Crippen LogP contribution in [0.1, 0.15) is 5.82 Å². The average Bonchev–Trinajstić information content (AvgIpc) is 2.95. The van der Waals surface area contributed by atoms with E-state index >= 15 is 0 Å². The predicted octanol–water partition coefficient (Wildman–Crippen LogP) is 0.598. The minimum Gasteiger partial charge on any atom is -0.486 e. The lowest BCUT2D eigenvalue weighted by Gasteiger charge is -2.27. The Morgan fingerprint density at radius 3 is 2.48 bits per heavy atom. The van der Waals surface area contributed by atoms with Crippen LogP contribution >= 0.6 is 0 Å². The molecule has 2 aromatic rings. The Bertz CT molecular complexity index is 694. The standard InChI is InChI=1S/C16H22N4O3/c17-11-16-18-12-9-14-15(23-8-7-22-14)10-13(12)20(16)2-1-19-3-5-21-6-4-19/h9-10H,1-8,11,17H2. The summed E-state index contributed by atoms with van der Waals surface area (Å²) in [6.45, 7) is 7.02. The van der Waals surface area contributed by atoms with Gasteiger partial charge in [0.05, 0.1) is 30.8 Å². The summed E-state index contributed by atoms with van der Waals surface area (Å²) in [6.07, 6.45) is 0. The molecule has 23 heavy (non-hydrogen) atoms. The Balaban J connectivity index is 1.63. The van der Waals surface area contributed by atoms with Crippen molar-refractivity contribution in [3.63, 3.8) is 0 Å². The Hall–Kier alpha value is -1.83. The SMILES string of the molecule is NCc1nc2cc3c(cc2n1CCN1CCOCC1)OCCO3. The topological polar surface area (TPSA) is 74.8 Å². The molecule has 7 nitrogen and oxygen atoms in total. The smallest absolute Gasteiger partial charge is 0.163 e. The number of rotatable bonds is 4.